The third-order valence-corrected chi connectivity index (χ3v) is 8.07. The van der Waals surface area contributed by atoms with E-state index in [1.807, 2.05) is 6.07 Å². The predicted molar refractivity (Wildman–Crippen MR) is 123 cm³/mol. The number of nitrogens with zero attached hydrogens (tertiary/aromatic N) is 1. The van der Waals surface area contributed by atoms with Crippen LogP contribution in [0.3, 0.4) is 0 Å². The Morgan fingerprint density at radius 1 is 1.25 bits per heavy atom. The van der Waals surface area contributed by atoms with E-state index < -0.39 is 23.3 Å². The van der Waals surface area contributed by atoms with Crippen molar-refractivity contribution < 1.29 is 14.3 Å². The minimum Gasteiger partial charge on any atom is -0.396 e. The maximum Gasteiger partial charge on any atom is 0.250 e. The van der Waals surface area contributed by atoms with Gasteiger partial charge in [-0.3, -0.25) is 9.69 Å². The Bertz CT molecular complexity index is 1060. The molecule has 0 unspecified atom stereocenters. The van der Waals surface area contributed by atoms with E-state index in [4.69, 9.17) is 28.9 Å². The summed E-state index contributed by atoms with van der Waals surface area (Å²) < 4.78 is 15.4. The van der Waals surface area contributed by atoms with Crippen LogP contribution in [0.4, 0.5) is 10.1 Å². The number of aliphatic hydroxyl groups is 1. The summed E-state index contributed by atoms with van der Waals surface area (Å²) in [5, 5.41) is 13.3. The number of hydrogen-bond acceptors (Lipinski definition) is 4. The fourth-order valence-electron chi connectivity index (χ4n) is 5.94. The summed E-state index contributed by atoms with van der Waals surface area (Å²) in [4.78, 5) is 16.0. The number of nitrogens with one attached hydrogen (secondary N) is 1. The lowest BCUT2D eigenvalue weighted by molar-refractivity contribution is -0.128. The number of likely N-dealkylation sites (tertiary alicyclic amines) is 1. The Kier molecular flexibility index (Phi) is 5.71. The van der Waals surface area contributed by atoms with Crippen molar-refractivity contribution >= 4 is 34.8 Å². The number of fused-ring (bicyclic) bond motifs is 2. The molecule has 4 atom stereocenters. The first kappa shape index (κ1) is 22.1. The first-order valence-electron chi connectivity index (χ1n) is 11.1. The molecular weight excluding hydrogens is 452 g/mol. The van der Waals surface area contributed by atoms with Crippen LogP contribution in [0, 0.1) is 11.7 Å². The van der Waals surface area contributed by atoms with E-state index in [-0.39, 0.29) is 23.6 Å². The second-order valence-electron chi connectivity index (χ2n) is 9.14. The number of carbonyl (C=O) groups is 1. The maximum absolute atomic E-state index is 15.4. The highest BCUT2D eigenvalue weighted by Crippen LogP contribution is 2.58. The van der Waals surface area contributed by atoms with E-state index in [9.17, 15) is 9.90 Å². The van der Waals surface area contributed by atoms with Crippen LogP contribution in [0.1, 0.15) is 42.7 Å². The molecule has 2 aromatic rings. The van der Waals surface area contributed by atoms with Crippen LogP contribution >= 0.6 is 23.2 Å². The van der Waals surface area contributed by atoms with Crippen LogP contribution in [0.2, 0.25) is 10.0 Å². The normalized spacial score (nSPS) is 29.9. The fourth-order valence-corrected chi connectivity index (χ4v) is 6.30. The highest BCUT2D eigenvalue weighted by atomic mass is 35.5. The molecule has 3 aliphatic rings. The average Bonchev–Trinajstić information content (AvgIpc) is 3.13. The molecule has 1 aliphatic carbocycles. The summed E-state index contributed by atoms with van der Waals surface area (Å²) in [6.07, 6.45) is 3.72. The number of benzene rings is 2. The number of anilines is 1. The molecule has 2 aliphatic heterocycles. The number of carbonyl (C=O) groups excluding carboxylic acids is 1. The molecule has 2 fully saturated rings. The highest BCUT2D eigenvalue weighted by molar-refractivity contribution is 6.31. The van der Waals surface area contributed by atoms with Gasteiger partial charge in [0.2, 0.25) is 5.91 Å². The molecule has 0 radical (unpaired) electrons. The SMILES string of the molecule is N[C@@H]1[C@H](CCO)N(CC2CCC2)[C@@]2(C(=O)Nc3cc(Cl)ccc32)[C@H]1c1cccc(Cl)c1F. The van der Waals surface area contributed by atoms with Crippen LogP contribution in [0.15, 0.2) is 36.4 Å². The monoisotopic (exact) mass is 477 g/mol. The number of amides is 1. The average molecular weight is 478 g/mol. The Morgan fingerprint density at radius 3 is 2.72 bits per heavy atom. The van der Waals surface area contributed by atoms with E-state index in [1.54, 1.807) is 24.3 Å². The maximum atomic E-state index is 15.4. The van der Waals surface area contributed by atoms with Gasteiger partial charge in [-0.05, 0) is 48.9 Å². The summed E-state index contributed by atoms with van der Waals surface area (Å²) in [5.41, 5.74) is 7.29. The lowest BCUT2D eigenvalue weighted by Crippen LogP contribution is -2.54. The van der Waals surface area contributed by atoms with Gasteiger partial charge in [-0.15, -0.1) is 0 Å². The molecule has 8 heteroatoms. The van der Waals surface area contributed by atoms with E-state index in [0.29, 0.717) is 35.2 Å². The van der Waals surface area contributed by atoms with Gasteiger partial charge in [0.1, 0.15) is 11.4 Å². The molecule has 1 amide bonds. The second-order valence-corrected chi connectivity index (χ2v) is 9.98. The molecule has 5 rings (SSSR count). The van der Waals surface area contributed by atoms with Gasteiger partial charge in [0, 0.05) is 47.4 Å². The molecule has 2 heterocycles. The first-order valence-corrected chi connectivity index (χ1v) is 11.8. The minimum atomic E-state index is -1.21. The van der Waals surface area contributed by atoms with E-state index in [2.05, 4.69) is 10.2 Å². The van der Waals surface area contributed by atoms with Gasteiger partial charge in [-0.2, -0.15) is 0 Å². The zero-order valence-corrected chi connectivity index (χ0v) is 19.0. The minimum absolute atomic E-state index is 0.00395. The summed E-state index contributed by atoms with van der Waals surface area (Å²) in [5.74, 6) is -1.04. The number of halogens is 3. The van der Waals surface area contributed by atoms with Crippen molar-refractivity contribution in [1.82, 2.24) is 4.90 Å². The Morgan fingerprint density at radius 2 is 2.03 bits per heavy atom. The van der Waals surface area contributed by atoms with Gasteiger partial charge in [0.25, 0.3) is 0 Å². The topological polar surface area (TPSA) is 78.6 Å². The Labute approximate surface area is 196 Å². The molecule has 1 spiro atoms. The van der Waals surface area contributed by atoms with Crippen LogP contribution in [-0.2, 0) is 10.3 Å². The van der Waals surface area contributed by atoms with Gasteiger partial charge in [-0.25, -0.2) is 4.39 Å². The number of aliphatic hydroxyl groups excluding tert-OH is 1. The van der Waals surface area contributed by atoms with Crippen molar-refractivity contribution in [3.05, 3.63) is 63.4 Å². The lowest BCUT2D eigenvalue weighted by Gasteiger charge is -2.43. The predicted octanol–water partition coefficient (Wildman–Crippen LogP) is 4.26. The van der Waals surface area contributed by atoms with Gasteiger partial charge >= 0.3 is 0 Å². The lowest BCUT2D eigenvalue weighted by atomic mass is 9.73. The zero-order chi connectivity index (χ0) is 22.6. The van der Waals surface area contributed by atoms with Crippen LogP contribution in [-0.4, -0.2) is 41.1 Å². The van der Waals surface area contributed by atoms with Crippen LogP contribution in [0.25, 0.3) is 0 Å². The van der Waals surface area contributed by atoms with Gasteiger partial charge in [0.15, 0.2) is 0 Å². The standard InChI is InChI=1S/C24H26Cl2FN3O2/c25-14-7-8-16-18(11-14)29-23(32)24(16)20(15-5-2-6-17(26)21(15)27)22(28)19(9-10-31)30(24)12-13-3-1-4-13/h2,5-8,11,13,19-20,22,31H,1,3-4,9-10,12,28H2,(H,29,32)/t19-,20-,22+,24+/m0/s1. The van der Waals surface area contributed by atoms with E-state index >= 15 is 4.39 Å². The van der Waals surface area contributed by atoms with E-state index in [1.165, 1.54) is 6.07 Å². The van der Waals surface area contributed by atoms with Crippen LogP contribution in [0.5, 0.6) is 0 Å². The highest BCUT2D eigenvalue weighted by Gasteiger charge is 2.66. The second kappa shape index (κ2) is 8.26. The summed E-state index contributed by atoms with van der Waals surface area (Å²) >= 11 is 12.4. The number of rotatable bonds is 5. The van der Waals surface area contributed by atoms with Gasteiger partial charge in [-0.1, -0.05) is 47.8 Å². The molecule has 1 saturated carbocycles. The van der Waals surface area contributed by atoms with Gasteiger partial charge < -0.3 is 16.2 Å². The third-order valence-electron chi connectivity index (χ3n) is 7.54. The Balaban J connectivity index is 1.76. The molecule has 0 bridgehead atoms. The van der Waals surface area contributed by atoms with Crippen LogP contribution < -0.4 is 11.1 Å². The third kappa shape index (κ3) is 3.11. The van der Waals surface area contributed by atoms with Gasteiger partial charge in [0.05, 0.1) is 5.02 Å². The summed E-state index contributed by atoms with van der Waals surface area (Å²) in [6.45, 7) is 0.585. The number of nitrogens with two attached hydrogens (primary N) is 1. The molecule has 170 valence electrons. The van der Waals surface area contributed by atoms with Crippen molar-refractivity contribution in [3.8, 4) is 0 Å². The Hall–Kier alpha value is -1.70. The van der Waals surface area contributed by atoms with Crippen molar-refractivity contribution in [3.63, 3.8) is 0 Å². The number of hydrogen-bond donors (Lipinski definition) is 3. The molecule has 5 nitrogen and oxygen atoms in total. The smallest absolute Gasteiger partial charge is 0.250 e. The molecule has 4 N–H and O–H groups in total. The zero-order valence-electron chi connectivity index (χ0n) is 17.5. The molecule has 32 heavy (non-hydrogen) atoms. The van der Waals surface area contributed by atoms with Crippen molar-refractivity contribution in [2.75, 3.05) is 18.5 Å². The molecular formula is C24H26Cl2FN3O2. The quantitative estimate of drug-likeness (QED) is 0.600. The molecule has 2 aromatic carbocycles. The largest absolute Gasteiger partial charge is 0.396 e. The molecule has 0 aromatic heterocycles. The fraction of sp³-hybridized carbons (Fsp3) is 0.458. The van der Waals surface area contributed by atoms with Crippen molar-refractivity contribution in [1.29, 1.82) is 0 Å². The summed E-state index contributed by atoms with van der Waals surface area (Å²) in [7, 11) is 0. The molecule has 1 saturated heterocycles. The van der Waals surface area contributed by atoms with Crippen molar-refractivity contribution in [2.24, 2.45) is 11.7 Å². The first-order chi connectivity index (χ1) is 15.4. The van der Waals surface area contributed by atoms with E-state index in [0.717, 1.165) is 24.8 Å². The summed E-state index contributed by atoms with van der Waals surface area (Å²) in [6, 6.07) is 9.28. The van der Waals surface area contributed by atoms with Crippen molar-refractivity contribution in [2.45, 2.75) is 49.2 Å².